The van der Waals surface area contributed by atoms with E-state index < -0.39 is 40.4 Å². The summed E-state index contributed by atoms with van der Waals surface area (Å²) in [7, 11) is 0. The molecule has 0 N–H and O–H groups in total. The van der Waals surface area contributed by atoms with Gasteiger partial charge in [-0.3, -0.25) is 4.98 Å². The van der Waals surface area contributed by atoms with Gasteiger partial charge in [-0.2, -0.15) is 9.78 Å². The summed E-state index contributed by atoms with van der Waals surface area (Å²) in [6.45, 7) is 7.04. The van der Waals surface area contributed by atoms with E-state index in [0.717, 1.165) is 4.68 Å². The highest BCUT2D eigenvalue weighted by Crippen LogP contribution is 2.31. The molecule has 14 heteroatoms. The van der Waals surface area contributed by atoms with Gasteiger partial charge < -0.3 is 4.90 Å². The Bertz CT molecular complexity index is 1580. The lowest BCUT2D eigenvalue weighted by atomic mass is 10.0. The molecular formula is C24H18F5N9. The van der Waals surface area contributed by atoms with Gasteiger partial charge in [-0.05, 0) is 32.9 Å². The standard InChI is InChI=1S/C24H18F5N9/c1-4-37(5-2)14-7-6-12(11(3)32-14)33-22-21(15-16(25)18(27)20(29)19(28)17(15)26)36-38-23(34-35-24(22)38)13-10-30-8-9-31-13/h6-10H,4-5H2,1-3H3. The quantitative estimate of drug-likeness (QED) is 0.210. The van der Waals surface area contributed by atoms with Crippen molar-refractivity contribution in [2.24, 2.45) is 10.1 Å². The van der Waals surface area contributed by atoms with Crippen LogP contribution >= 0.6 is 0 Å². The normalized spacial score (nSPS) is 13.7. The molecule has 0 saturated heterocycles. The molecule has 0 unspecified atom stereocenters. The highest BCUT2D eigenvalue weighted by Gasteiger charge is 2.37. The molecule has 1 aliphatic rings. The first-order valence-electron chi connectivity index (χ1n) is 11.4. The van der Waals surface area contributed by atoms with Crippen LogP contribution in [-0.4, -0.2) is 54.3 Å². The highest BCUT2D eigenvalue weighted by atomic mass is 19.2. The first kappa shape index (κ1) is 25.0. The maximum Gasteiger partial charge on any atom is 0.206 e. The predicted molar refractivity (Wildman–Crippen MR) is 128 cm³/mol. The molecule has 0 bridgehead atoms. The maximum absolute atomic E-state index is 14.9. The number of aliphatic imine (C=N–C) groups is 1. The second-order valence-electron chi connectivity index (χ2n) is 8.05. The Kier molecular flexibility index (Phi) is 6.38. The fourth-order valence-electron chi connectivity index (χ4n) is 3.94. The fraction of sp³-hybridized carbons (Fsp3) is 0.208. The summed E-state index contributed by atoms with van der Waals surface area (Å²) in [5.41, 5.74) is -1.22. The fourth-order valence-corrected chi connectivity index (χ4v) is 3.94. The van der Waals surface area contributed by atoms with Crippen molar-refractivity contribution in [3.05, 3.63) is 76.9 Å². The van der Waals surface area contributed by atoms with E-state index in [1.165, 1.54) is 18.6 Å². The first-order valence-corrected chi connectivity index (χ1v) is 11.4. The molecule has 0 atom stereocenters. The molecule has 4 aromatic rings. The molecule has 3 aromatic heterocycles. The summed E-state index contributed by atoms with van der Waals surface area (Å²) in [5.74, 6) is -10.0. The Morgan fingerprint density at radius 3 is 2.13 bits per heavy atom. The number of fused-ring (bicyclic) bond motifs is 1. The number of benzene rings is 1. The maximum atomic E-state index is 14.9. The SMILES string of the molecule is CCN(CC)c1ccc(N=C2C(c3c(F)c(F)c(F)c(F)c3F)=Nn3c2nnc3-c2cnccn2)c(C)n1. The lowest BCUT2D eigenvalue weighted by Gasteiger charge is -2.20. The van der Waals surface area contributed by atoms with Crippen molar-refractivity contribution >= 4 is 22.9 Å². The van der Waals surface area contributed by atoms with Gasteiger partial charge in [-0.25, -0.2) is 36.9 Å². The van der Waals surface area contributed by atoms with Crippen LogP contribution in [0.5, 0.6) is 0 Å². The van der Waals surface area contributed by atoms with Crippen molar-refractivity contribution < 1.29 is 22.0 Å². The number of hydrogen-bond donors (Lipinski definition) is 0. The molecular weight excluding hydrogens is 509 g/mol. The first-order chi connectivity index (χ1) is 18.3. The topological polar surface area (TPSA) is 97.3 Å². The van der Waals surface area contributed by atoms with E-state index in [0.29, 0.717) is 24.6 Å². The smallest absolute Gasteiger partial charge is 0.206 e. The van der Waals surface area contributed by atoms with Gasteiger partial charge in [0.1, 0.15) is 22.9 Å². The van der Waals surface area contributed by atoms with Gasteiger partial charge >= 0.3 is 0 Å². The minimum atomic E-state index is -2.28. The molecule has 0 saturated carbocycles. The van der Waals surface area contributed by atoms with Gasteiger partial charge in [0.2, 0.25) is 17.5 Å². The molecule has 0 fully saturated rings. The monoisotopic (exact) mass is 527 g/mol. The number of anilines is 1. The minimum Gasteiger partial charge on any atom is -0.357 e. The van der Waals surface area contributed by atoms with E-state index in [1.54, 1.807) is 19.1 Å². The molecule has 0 radical (unpaired) electrons. The van der Waals surface area contributed by atoms with Gasteiger partial charge in [-0.15, -0.1) is 10.2 Å². The van der Waals surface area contributed by atoms with Crippen molar-refractivity contribution in [1.29, 1.82) is 0 Å². The summed E-state index contributed by atoms with van der Waals surface area (Å²) < 4.78 is 72.9. The van der Waals surface area contributed by atoms with Crippen molar-refractivity contribution in [2.75, 3.05) is 18.0 Å². The van der Waals surface area contributed by atoms with Crippen LogP contribution in [-0.2, 0) is 0 Å². The third-order valence-electron chi connectivity index (χ3n) is 5.88. The summed E-state index contributed by atoms with van der Waals surface area (Å²) in [6.07, 6.45) is 4.14. The van der Waals surface area contributed by atoms with Crippen LogP contribution in [0.4, 0.5) is 33.5 Å². The summed E-state index contributed by atoms with van der Waals surface area (Å²) in [4.78, 5) is 19.1. The number of pyridine rings is 1. The molecule has 0 aliphatic carbocycles. The van der Waals surface area contributed by atoms with Crippen molar-refractivity contribution in [3.8, 4) is 11.5 Å². The lowest BCUT2D eigenvalue weighted by molar-refractivity contribution is 0.377. The summed E-state index contributed by atoms with van der Waals surface area (Å²) in [6, 6.07) is 3.33. The second kappa shape index (κ2) is 9.68. The van der Waals surface area contributed by atoms with E-state index in [1.807, 2.05) is 18.7 Å². The van der Waals surface area contributed by atoms with Crippen LogP contribution in [0.15, 0.2) is 40.8 Å². The van der Waals surface area contributed by atoms with Gasteiger partial charge in [0.05, 0.1) is 23.1 Å². The Morgan fingerprint density at radius 2 is 1.53 bits per heavy atom. The van der Waals surface area contributed by atoms with E-state index >= 15 is 0 Å². The molecule has 0 spiro atoms. The Balaban J connectivity index is 1.74. The predicted octanol–water partition coefficient (Wildman–Crippen LogP) is 4.37. The Morgan fingerprint density at radius 1 is 0.868 bits per heavy atom. The summed E-state index contributed by atoms with van der Waals surface area (Å²) in [5, 5.41) is 12.1. The molecule has 194 valence electrons. The lowest BCUT2D eigenvalue weighted by Crippen LogP contribution is -2.23. The van der Waals surface area contributed by atoms with Crippen molar-refractivity contribution in [2.45, 2.75) is 20.8 Å². The molecule has 0 amide bonds. The Labute approximate surface area is 212 Å². The van der Waals surface area contributed by atoms with Crippen LogP contribution in [0.3, 0.4) is 0 Å². The molecule has 5 rings (SSSR count). The minimum absolute atomic E-state index is 0.0198. The molecule has 9 nitrogen and oxygen atoms in total. The molecule has 1 aliphatic heterocycles. The average Bonchev–Trinajstić information content (AvgIpc) is 3.49. The number of aromatic nitrogens is 6. The average molecular weight is 527 g/mol. The second-order valence-corrected chi connectivity index (χ2v) is 8.05. The number of aryl methyl sites for hydroxylation is 1. The Hall–Kier alpha value is -4.62. The third-order valence-corrected chi connectivity index (χ3v) is 5.88. The molecule has 1 aromatic carbocycles. The van der Waals surface area contributed by atoms with Crippen LogP contribution in [0.25, 0.3) is 11.5 Å². The zero-order valence-corrected chi connectivity index (χ0v) is 20.2. The highest BCUT2D eigenvalue weighted by molar-refractivity contribution is 6.54. The number of halogens is 5. The zero-order valence-electron chi connectivity index (χ0n) is 20.2. The largest absolute Gasteiger partial charge is 0.357 e. The third kappa shape index (κ3) is 3.97. The van der Waals surface area contributed by atoms with Crippen molar-refractivity contribution in [1.82, 2.24) is 29.8 Å². The van der Waals surface area contributed by atoms with Crippen LogP contribution < -0.4 is 4.90 Å². The van der Waals surface area contributed by atoms with Crippen molar-refractivity contribution in [3.63, 3.8) is 0 Å². The van der Waals surface area contributed by atoms with Crippen LogP contribution in [0.2, 0.25) is 0 Å². The van der Waals surface area contributed by atoms with E-state index in [-0.39, 0.29) is 28.7 Å². The van der Waals surface area contributed by atoms with E-state index in [9.17, 15) is 22.0 Å². The summed E-state index contributed by atoms with van der Waals surface area (Å²) >= 11 is 0. The number of nitrogens with zero attached hydrogens (tertiary/aromatic N) is 9. The number of rotatable bonds is 6. The molecule has 4 heterocycles. The van der Waals surface area contributed by atoms with E-state index in [2.05, 4.69) is 35.2 Å². The van der Waals surface area contributed by atoms with Gasteiger partial charge in [0.15, 0.2) is 23.3 Å². The molecule has 38 heavy (non-hydrogen) atoms. The van der Waals surface area contributed by atoms with Gasteiger partial charge in [-0.1, -0.05) is 0 Å². The van der Waals surface area contributed by atoms with Gasteiger partial charge in [0.25, 0.3) is 0 Å². The van der Waals surface area contributed by atoms with Crippen LogP contribution in [0.1, 0.15) is 30.9 Å². The van der Waals surface area contributed by atoms with E-state index in [4.69, 9.17) is 0 Å². The number of hydrogen-bond acceptors (Lipinski definition) is 8. The van der Waals surface area contributed by atoms with Crippen LogP contribution in [0, 0.1) is 36.0 Å². The zero-order chi connectivity index (χ0) is 27.1. The van der Waals surface area contributed by atoms with Gasteiger partial charge in [0, 0.05) is 25.5 Å².